The molecular weight excluding hydrogens is 340 g/mol. The van der Waals surface area contributed by atoms with Gasteiger partial charge in [0.15, 0.2) is 0 Å². The molecule has 0 heterocycles. The Labute approximate surface area is 157 Å². The van der Waals surface area contributed by atoms with Crippen molar-refractivity contribution in [3.8, 4) is 16.9 Å². The van der Waals surface area contributed by atoms with Crippen molar-refractivity contribution < 1.29 is 14.3 Å². The second-order valence-corrected chi connectivity index (χ2v) is 5.96. The van der Waals surface area contributed by atoms with Crippen LogP contribution in [0.15, 0.2) is 78.9 Å². The molecule has 0 saturated carbocycles. The van der Waals surface area contributed by atoms with Crippen molar-refractivity contribution in [3.05, 3.63) is 84.4 Å². The van der Waals surface area contributed by atoms with Gasteiger partial charge in [-0.25, -0.2) is 0 Å². The van der Waals surface area contributed by atoms with Gasteiger partial charge in [-0.15, -0.1) is 0 Å². The van der Waals surface area contributed by atoms with E-state index in [2.05, 4.69) is 5.32 Å². The lowest BCUT2D eigenvalue weighted by Gasteiger charge is -2.12. The quantitative estimate of drug-likeness (QED) is 0.671. The highest BCUT2D eigenvalue weighted by molar-refractivity contribution is 6.05. The summed E-state index contributed by atoms with van der Waals surface area (Å²) in [5, 5.41) is 2.84. The number of nitrogens with two attached hydrogens (primary N) is 1. The van der Waals surface area contributed by atoms with Gasteiger partial charge in [0.05, 0.1) is 18.7 Å². The van der Waals surface area contributed by atoms with Gasteiger partial charge >= 0.3 is 0 Å². The topological polar surface area (TPSA) is 81.4 Å². The van der Waals surface area contributed by atoms with Crippen LogP contribution in [0.25, 0.3) is 11.1 Å². The summed E-state index contributed by atoms with van der Waals surface area (Å²) in [6.45, 7) is 0.161. The zero-order valence-corrected chi connectivity index (χ0v) is 14.7. The molecule has 0 spiro atoms. The Hall–Kier alpha value is -3.60. The molecule has 0 aliphatic rings. The van der Waals surface area contributed by atoms with Gasteiger partial charge in [0.2, 0.25) is 5.91 Å². The Morgan fingerprint density at radius 3 is 2.15 bits per heavy atom. The number of amides is 2. The highest BCUT2D eigenvalue weighted by Gasteiger charge is 2.10. The number of hydrogen-bond acceptors (Lipinski definition) is 3. The smallest absolute Gasteiger partial charge is 0.255 e. The number of primary amides is 1. The van der Waals surface area contributed by atoms with Crippen LogP contribution in [0.2, 0.25) is 0 Å². The van der Waals surface area contributed by atoms with Crippen molar-refractivity contribution in [2.24, 2.45) is 5.73 Å². The molecule has 136 valence electrons. The van der Waals surface area contributed by atoms with Crippen molar-refractivity contribution in [3.63, 3.8) is 0 Å². The first-order chi connectivity index (χ1) is 13.1. The van der Waals surface area contributed by atoms with Gasteiger partial charge in [-0.1, -0.05) is 54.6 Å². The molecule has 5 nitrogen and oxygen atoms in total. The van der Waals surface area contributed by atoms with Crippen molar-refractivity contribution in [2.45, 2.75) is 6.42 Å². The van der Waals surface area contributed by atoms with E-state index in [4.69, 9.17) is 10.5 Å². The van der Waals surface area contributed by atoms with Crippen molar-refractivity contribution in [2.75, 3.05) is 11.9 Å². The molecule has 0 saturated heterocycles. The minimum Gasteiger partial charge on any atom is -0.491 e. The van der Waals surface area contributed by atoms with Gasteiger partial charge in [0.1, 0.15) is 5.75 Å². The predicted molar refractivity (Wildman–Crippen MR) is 106 cm³/mol. The molecular formula is C22H20N2O3. The maximum atomic E-state index is 12.6. The van der Waals surface area contributed by atoms with Gasteiger partial charge in [-0.05, 0) is 35.4 Å². The van der Waals surface area contributed by atoms with Gasteiger partial charge < -0.3 is 15.8 Å². The first kappa shape index (κ1) is 18.2. The van der Waals surface area contributed by atoms with E-state index < -0.39 is 5.91 Å². The number of nitrogens with one attached hydrogen (secondary N) is 1. The van der Waals surface area contributed by atoms with E-state index in [-0.39, 0.29) is 18.9 Å². The monoisotopic (exact) mass is 360 g/mol. The minimum atomic E-state index is -0.435. The molecule has 0 aromatic heterocycles. The maximum Gasteiger partial charge on any atom is 0.255 e. The number of para-hydroxylation sites is 2. The second-order valence-electron chi connectivity index (χ2n) is 5.96. The lowest BCUT2D eigenvalue weighted by molar-refractivity contribution is -0.118. The lowest BCUT2D eigenvalue weighted by atomic mass is 10.0. The fraction of sp³-hybridized carbons (Fsp3) is 0.0909. The normalized spacial score (nSPS) is 10.2. The molecule has 27 heavy (non-hydrogen) atoms. The van der Waals surface area contributed by atoms with Crippen LogP contribution in [-0.2, 0) is 4.79 Å². The van der Waals surface area contributed by atoms with E-state index in [1.54, 1.807) is 36.4 Å². The zero-order valence-electron chi connectivity index (χ0n) is 14.7. The summed E-state index contributed by atoms with van der Waals surface area (Å²) in [5.74, 6) is -0.177. The molecule has 2 amide bonds. The average molecular weight is 360 g/mol. The van der Waals surface area contributed by atoms with Gasteiger partial charge in [0.25, 0.3) is 5.91 Å². The third-order valence-corrected chi connectivity index (χ3v) is 4.00. The van der Waals surface area contributed by atoms with Crippen LogP contribution in [-0.4, -0.2) is 18.4 Å². The van der Waals surface area contributed by atoms with E-state index in [0.717, 1.165) is 11.1 Å². The van der Waals surface area contributed by atoms with Gasteiger partial charge in [-0.3, -0.25) is 9.59 Å². The average Bonchev–Trinajstić information content (AvgIpc) is 2.70. The lowest BCUT2D eigenvalue weighted by Crippen LogP contribution is -2.16. The van der Waals surface area contributed by atoms with E-state index in [0.29, 0.717) is 17.0 Å². The van der Waals surface area contributed by atoms with Crippen LogP contribution in [0, 0.1) is 0 Å². The molecule has 3 rings (SSSR count). The summed E-state index contributed by atoms with van der Waals surface area (Å²) < 4.78 is 5.55. The minimum absolute atomic E-state index is 0.114. The number of rotatable bonds is 7. The number of carbonyl (C=O) groups is 2. The number of hydrogen-bond donors (Lipinski definition) is 2. The molecule has 0 unspecified atom stereocenters. The summed E-state index contributed by atoms with van der Waals surface area (Å²) in [6.07, 6.45) is 0.114. The van der Waals surface area contributed by atoms with Crippen LogP contribution in [0.4, 0.5) is 5.69 Å². The number of carbonyl (C=O) groups excluding carboxylic acids is 2. The Kier molecular flexibility index (Phi) is 5.84. The summed E-state index contributed by atoms with van der Waals surface area (Å²) in [5.41, 5.74) is 8.34. The third kappa shape index (κ3) is 4.95. The molecule has 0 radical (unpaired) electrons. The fourth-order valence-corrected chi connectivity index (χ4v) is 2.60. The second kappa shape index (κ2) is 8.67. The largest absolute Gasteiger partial charge is 0.491 e. The number of anilines is 1. The van der Waals surface area contributed by atoms with Gasteiger partial charge in [-0.2, -0.15) is 0 Å². The molecule has 0 bridgehead atoms. The van der Waals surface area contributed by atoms with Gasteiger partial charge in [0, 0.05) is 5.56 Å². The summed E-state index contributed by atoms with van der Waals surface area (Å²) in [6, 6.07) is 24.4. The highest BCUT2D eigenvalue weighted by Crippen LogP contribution is 2.25. The molecule has 0 atom stereocenters. The van der Waals surface area contributed by atoms with Crippen LogP contribution in [0.5, 0.6) is 5.75 Å². The molecule has 3 aromatic carbocycles. The summed E-state index contributed by atoms with van der Waals surface area (Å²) in [7, 11) is 0. The van der Waals surface area contributed by atoms with Crippen molar-refractivity contribution in [1.29, 1.82) is 0 Å². The molecule has 0 aliphatic carbocycles. The number of ether oxygens (including phenoxy) is 1. The first-order valence-corrected chi connectivity index (χ1v) is 8.60. The predicted octanol–water partition coefficient (Wildman–Crippen LogP) is 3.86. The molecule has 3 aromatic rings. The first-order valence-electron chi connectivity index (χ1n) is 8.60. The molecule has 3 N–H and O–H groups in total. The Balaban J connectivity index is 1.69. The molecule has 0 fully saturated rings. The third-order valence-electron chi connectivity index (χ3n) is 4.00. The summed E-state index contributed by atoms with van der Waals surface area (Å²) in [4.78, 5) is 23.4. The van der Waals surface area contributed by atoms with Crippen LogP contribution < -0.4 is 15.8 Å². The zero-order chi connectivity index (χ0) is 19.1. The maximum absolute atomic E-state index is 12.6. The Morgan fingerprint density at radius 2 is 1.44 bits per heavy atom. The highest BCUT2D eigenvalue weighted by atomic mass is 16.5. The molecule has 0 aliphatic heterocycles. The molecule has 5 heteroatoms. The summed E-state index contributed by atoms with van der Waals surface area (Å²) >= 11 is 0. The Bertz CT molecular complexity index is 922. The van der Waals surface area contributed by atoms with Crippen LogP contribution in [0.1, 0.15) is 16.8 Å². The standard InChI is InChI=1S/C22H20N2O3/c23-21(25)14-15-27-20-9-5-4-8-19(20)24-22(26)18-12-10-17(11-13-18)16-6-2-1-3-7-16/h1-13H,14-15H2,(H2,23,25)(H,24,26). The van der Waals surface area contributed by atoms with Crippen LogP contribution in [0.3, 0.4) is 0 Å². The van der Waals surface area contributed by atoms with Crippen molar-refractivity contribution >= 4 is 17.5 Å². The van der Waals surface area contributed by atoms with Crippen molar-refractivity contribution in [1.82, 2.24) is 0 Å². The number of benzene rings is 3. The van der Waals surface area contributed by atoms with E-state index in [1.165, 1.54) is 0 Å². The van der Waals surface area contributed by atoms with Crippen LogP contribution >= 0.6 is 0 Å². The Morgan fingerprint density at radius 1 is 0.815 bits per heavy atom. The fourth-order valence-electron chi connectivity index (χ4n) is 2.60. The van der Waals surface area contributed by atoms with E-state index >= 15 is 0 Å². The SMILES string of the molecule is NC(=O)CCOc1ccccc1NC(=O)c1ccc(-c2ccccc2)cc1. The van der Waals surface area contributed by atoms with E-state index in [9.17, 15) is 9.59 Å². The van der Waals surface area contributed by atoms with E-state index in [1.807, 2.05) is 42.5 Å².